The fourth-order valence-electron chi connectivity index (χ4n) is 3.93. The summed E-state index contributed by atoms with van der Waals surface area (Å²) in [5, 5.41) is 1.70. The van der Waals surface area contributed by atoms with Gasteiger partial charge in [-0.05, 0) is 37.0 Å². The minimum absolute atomic E-state index is 0.0239. The molecule has 152 valence electrons. The number of allylic oxidation sites excluding steroid dienone is 4. The molecule has 0 radical (unpaired) electrons. The smallest absolute Gasteiger partial charge is 0.242 e. The van der Waals surface area contributed by atoms with Crippen LogP contribution in [-0.4, -0.2) is 58.0 Å². The van der Waals surface area contributed by atoms with E-state index in [9.17, 15) is 4.79 Å². The first kappa shape index (κ1) is 19.7. The second-order valence-corrected chi connectivity index (χ2v) is 8.12. The summed E-state index contributed by atoms with van der Waals surface area (Å²) in [6.07, 6.45) is 13.2. The first-order valence-corrected chi connectivity index (χ1v) is 10.1. The number of hydrogen-bond acceptors (Lipinski definition) is 5. The Hall–Kier alpha value is -2.64. The van der Waals surface area contributed by atoms with E-state index < -0.39 is 5.54 Å². The van der Waals surface area contributed by atoms with Gasteiger partial charge in [0.05, 0.1) is 10.9 Å². The van der Waals surface area contributed by atoms with Crippen LogP contribution in [0.25, 0.3) is 11.0 Å². The lowest BCUT2D eigenvalue weighted by molar-refractivity contribution is -0.136. The zero-order chi connectivity index (χ0) is 20.4. The predicted molar refractivity (Wildman–Crippen MR) is 116 cm³/mol. The molecule has 2 aromatic heterocycles. The molecule has 0 atom stereocenters. The molecule has 7 nitrogen and oxygen atoms in total. The van der Waals surface area contributed by atoms with Gasteiger partial charge in [0.1, 0.15) is 17.8 Å². The maximum absolute atomic E-state index is 13.1. The maximum Gasteiger partial charge on any atom is 0.242 e. The van der Waals surface area contributed by atoms with Gasteiger partial charge in [-0.3, -0.25) is 4.79 Å². The lowest BCUT2D eigenvalue weighted by Gasteiger charge is -2.40. The van der Waals surface area contributed by atoms with Crippen molar-refractivity contribution >= 4 is 34.4 Å². The maximum atomic E-state index is 13.1. The van der Waals surface area contributed by atoms with E-state index in [0.717, 1.165) is 28.8 Å². The third-order valence-electron chi connectivity index (χ3n) is 5.63. The van der Waals surface area contributed by atoms with Gasteiger partial charge in [-0.25, -0.2) is 9.97 Å². The normalized spacial score (nSPS) is 18.9. The van der Waals surface area contributed by atoms with E-state index in [0.29, 0.717) is 37.5 Å². The van der Waals surface area contributed by atoms with Crippen molar-refractivity contribution < 1.29 is 4.79 Å². The summed E-state index contributed by atoms with van der Waals surface area (Å²) in [5.74, 6) is 0.862. The number of carbonyl (C=O) groups is 1. The van der Waals surface area contributed by atoms with Crippen LogP contribution < -0.4 is 10.6 Å². The second kappa shape index (κ2) is 8.00. The fraction of sp³-hybridized carbons (Fsp3) is 0.381. The van der Waals surface area contributed by atoms with Gasteiger partial charge in [0.15, 0.2) is 0 Å². The summed E-state index contributed by atoms with van der Waals surface area (Å²) in [6.45, 7) is 1.87. The summed E-state index contributed by atoms with van der Waals surface area (Å²) in [5.41, 5.74) is 7.58. The van der Waals surface area contributed by atoms with Crippen LogP contribution in [0.1, 0.15) is 19.3 Å². The molecule has 1 fully saturated rings. The molecule has 1 aliphatic heterocycles. The van der Waals surface area contributed by atoms with Gasteiger partial charge in [0, 0.05) is 37.9 Å². The van der Waals surface area contributed by atoms with Crippen LogP contribution in [-0.2, 0) is 4.79 Å². The zero-order valence-corrected chi connectivity index (χ0v) is 17.2. The molecule has 2 aromatic rings. The average Bonchev–Trinajstić information content (AvgIpc) is 3.12. The summed E-state index contributed by atoms with van der Waals surface area (Å²) in [7, 11) is 1.81. The Morgan fingerprint density at radius 1 is 1.31 bits per heavy atom. The van der Waals surface area contributed by atoms with E-state index in [4.69, 9.17) is 17.3 Å². The third kappa shape index (κ3) is 4.06. The number of piperidine rings is 1. The number of halogens is 1. The minimum Gasteiger partial charge on any atom is -0.356 e. The van der Waals surface area contributed by atoms with Gasteiger partial charge in [0.25, 0.3) is 0 Å². The first-order chi connectivity index (χ1) is 14.0. The Labute approximate surface area is 174 Å². The first-order valence-electron chi connectivity index (χ1n) is 9.76. The van der Waals surface area contributed by atoms with E-state index in [1.165, 1.54) is 0 Å². The molecular formula is C21H25ClN6O. The van der Waals surface area contributed by atoms with Crippen molar-refractivity contribution in [3.8, 4) is 0 Å². The van der Waals surface area contributed by atoms with Crippen molar-refractivity contribution in [2.45, 2.75) is 24.8 Å². The molecule has 0 unspecified atom stereocenters. The molecule has 1 aliphatic carbocycles. The molecule has 0 aromatic carbocycles. The molecule has 0 spiro atoms. The largest absolute Gasteiger partial charge is 0.356 e. The molecule has 8 heteroatoms. The number of likely N-dealkylation sites (N-methyl/N-ethyl adjacent to an activating group) is 1. The van der Waals surface area contributed by atoms with Crippen molar-refractivity contribution in [2.75, 3.05) is 31.6 Å². The standard InChI is InChI=1S/C21H25ClN6O/c1-27(13-15-3-2-4-16(22)6-5-15)20(29)21(23)8-11-28(12-9-21)19-17-7-10-24-18(17)25-14-26-19/h3-7,10,14H,2,8-9,11-13,23H2,1H3,(H,24,25,26). The second-order valence-electron chi connectivity index (χ2n) is 7.68. The summed E-state index contributed by atoms with van der Waals surface area (Å²) < 4.78 is 0. The van der Waals surface area contributed by atoms with Crippen molar-refractivity contribution in [3.63, 3.8) is 0 Å². The molecule has 2 aliphatic rings. The van der Waals surface area contributed by atoms with Crippen LogP contribution in [0.2, 0.25) is 0 Å². The SMILES string of the molecule is CN(CC1=CCC=C(Cl)C=C1)C(=O)C1(N)CCN(c2ncnc3[nH]ccc23)CC1. The lowest BCUT2D eigenvalue weighted by atomic mass is 9.87. The molecule has 4 rings (SSSR count). The highest BCUT2D eigenvalue weighted by molar-refractivity contribution is 6.31. The Balaban J connectivity index is 1.41. The van der Waals surface area contributed by atoms with Crippen molar-refractivity contribution in [1.82, 2.24) is 19.9 Å². The van der Waals surface area contributed by atoms with Gasteiger partial charge in [-0.2, -0.15) is 0 Å². The fourth-order valence-corrected chi connectivity index (χ4v) is 4.08. The Bertz CT molecular complexity index is 1000. The zero-order valence-electron chi connectivity index (χ0n) is 16.4. The Morgan fingerprint density at radius 3 is 2.90 bits per heavy atom. The van der Waals surface area contributed by atoms with Gasteiger partial charge in [-0.15, -0.1) is 0 Å². The lowest BCUT2D eigenvalue weighted by Crippen LogP contribution is -2.60. The molecule has 0 saturated carbocycles. The van der Waals surface area contributed by atoms with Crippen LogP contribution in [0.15, 0.2) is 53.5 Å². The predicted octanol–water partition coefficient (Wildman–Crippen LogP) is 2.72. The number of anilines is 1. The van der Waals surface area contributed by atoms with E-state index in [1.54, 1.807) is 11.2 Å². The number of nitrogens with zero attached hydrogens (tertiary/aromatic N) is 4. The summed E-state index contributed by atoms with van der Waals surface area (Å²) in [4.78, 5) is 28.8. The number of aromatic amines is 1. The number of hydrogen-bond donors (Lipinski definition) is 2. The number of amides is 1. The molecule has 1 amide bonds. The van der Waals surface area contributed by atoms with Crippen molar-refractivity contribution in [2.24, 2.45) is 5.73 Å². The molecular weight excluding hydrogens is 388 g/mol. The highest BCUT2D eigenvalue weighted by Gasteiger charge is 2.40. The Kier molecular flexibility index (Phi) is 5.43. The topological polar surface area (TPSA) is 91.1 Å². The Morgan fingerprint density at radius 2 is 2.10 bits per heavy atom. The molecule has 3 N–H and O–H groups in total. The van der Waals surface area contributed by atoms with Gasteiger partial charge in [-0.1, -0.05) is 29.8 Å². The van der Waals surface area contributed by atoms with Crippen LogP contribution in [0.4, 0.5) is 5.82 Å². The highest BCUT2D eigenvalue weighted by Crippen LogP contribution is 2.29. The monoisotopic (exact) mass is 412 g/mol. The molecule has 3 heterocycles. The quantitative estimate of drug-likeness (QED) is 0.805. The summed E-state index contributed by atoms with van der Waals surface area (Å²) in [6, 6.07) is 1.98. The van der Waals surface area contributed by atoms with Gasteiger partial charge in [0.2, 0.25) is 5.91 Å². The number of rotatable bonds is 4. The van der Waals surface area contributed by atoms with Crippen LogP contribution in [0, 0.1) is 0 Å². The molecule has 1 saturated heterocycles. The van der Waals surface area contributed by atoms with E-state index in [2.05, 4.69) is 25.9 Å². The number of fused-ring (bicyclic) bond motifs is 1. The van der Waals surface area contributed by atoms with Crippen molar-refractivity contribution in [1.29, 1.82) is 0 Å². The number of H-pyrrole nitrogens is 1. The number of nitrogens with one attached hydrogen (secondary N) is 1. The van der Waals surface area contributed by atoms with E-state index in [1.807, 2.05) is 37.5 Å². The van der Waals surface area contributed by atoms with Gasteiger partial charge >= 0.3 is 0 Å². The molecule has 29 heavy (non-hydrogen) atoms. The third-order valence-corrected chi connectivity index (χ3v) is 5.91. The van der Waals surface area contributed by atoms with Crippen LogP contribution in [0.5, 0.6) is 0 Å². The number of aromatic nitrogens is 3. The highest BCUT2D eigenvalue weighted by atomic mass is 35.5. The van der Waals surface area contributed by atoms with E-state index in [-0.39, 0.29) is 5.91 Å². The summed E-state index contributed by atoms with van der Waals surface area (Å²) >= 11 is 6.05. The van der Waals surface area contributed by atoms with Crippen LogP contribution >= 0.6 is 11.6 Å². The van der Waals surface area contributed by atoms with Crippen LogP contribution in [0.3, 0.4) is 0 Å². The van der Waals surface area contributed by atoms with E-state index >= 15 is 0 Å². The molecule has 0 bridgehead atoms. The number of carbonyl (C=O) groups excluding carboxylic acids is 1. The average molecular weight is 413 g/mol. The number of nitrogens with two attached hydrogens (primary N) is 1. The van der Waals surface area contributed by atoms with Crippen molar-refractivity contribution in [3.05, 3.63) is 53.5 Å². The minimum atomic E-state index is -0.861. The van der Waals surface area contributed by atoms with Gasteiger partial charge < -0.3 is 20.5 Å².